The summed E-state index contributed by atoms with van der Waals surface area (Å²) in [5.74, 6) is -0.401. The number of thiophene rings is 1. The molecule has 1 aromatic heterocycles. The van der Waals surface area contributed by atoms with Gasteiger partial charge in [-0.2, -0.15) is 0 Å². The number of carbonyl (C=O) groups excluding carboxylic acids is 1. The minimum absolute atomic E-state index is 0.0509. The van der Waals surface area contributed by atoms with Crippen LogP contribution in [0.4, 0.5) is 0 Å². The Bertz CT molecular complexity index is 759. The molecule has 1 heterocycles. The molecule has 0 spiro atoms. The van der Waals surface area contributed by atoms with Crippen LogP contribution in [0.15, 0.2) is 46.7 Å². The predicted octanol–water partition coefficient (Wildman–Crippen LogP) is 2.60. The standard InChI is InChI=1S/C16H20N2O3S2/c1-16(2,3)12-6-8-14(9-7-12)23(20,21)18-17-15(19)11-13-5-4-10-22-13/h4-10,18H,11H2,1-3H3,(H,17,19). The summed E-state index contributed by atoms with van der Waals surface area (Å²) in [5.41, 5.74) is 3.22. The van der Waals surface area contributed by atoms with Gasteiger partial charge >= 0.3 is 0 Å². The third kappa shape index (κ3) is 4.89. The Balaban J connectivity index is 2.00. The van der Waals surface area contributed by atoms with E-state index in [2.05, 4.69) is 31.0 Å². The van der Waals surface area contributed by atoms with Crippen LogP contribution in [0.3, 0.4) is 0 Å². The van der Waals surface area contributed by atoms with Crippen LogP contribution < -0.4 is 10.3 Å². The number of nitrogens with one attached hydrogen (secondary N) is 2. The molecule has 0 atom stereocenters. The Morgan fingerprint density at radius 1 is 1.13 bits per heavy atom. The zero-order valence-electron chi connectivity index (χ0n) is 13.3. The highest BCUT2D eigenvalue weighted by Gasteiger charge is 2.18. The van der Waals surface area contributed by atoms with Crippen LogP contribution in [-0.2, 0) is 26.7 Å². The van der Waals surface area contributed by atoms with Crippen molar-refractivity contribution >= 4 is 27.3 Å². The molecule has 0 radical (unpaired) electrons. The van der Waals surface area contributed by atoms with Crippen LogP contribution in [0.5, 0.6) is 0 Å². The average molecular weight is 352 g/mol. The first-order valence-corrected chi connectivity index (χ1v) is 9.48. The van der Waals surface area contributed by atoms with Crippen LogP contribution in [-0.4, -0.2) is 14.3 Å². The lowest BCUT2D eigenvalue weighted by Crippen LogP contribution is -2.42. The van der Waals surface area contributed by atoms with E-state index in [4.69, 9.17) is 0 Å². The van der Waals surface area contributed by atoms with E-state index >= 15 is 0 Å². The number of benzene rings is 1. The topological polar surface area (TPSA) is 75.3 Å². The quantitative estimate of drug-likeness (QED) is 0.812. The van der Waals surface area contributed by atoms with Crippen molar-refractivity contribution in [3.8, 4) is 0 Å². The summed E-state index contributed by atoms with van der Waals surface area (Å²) < 4.78 is 24.4. The Morgan fingerprint density at radius 2 is 1.78 bits per heavy atom. The second-order valence-corrected chi connectivity index (χ2v) is 8.90. The second kappa shape index (κ2) is 6.82. The fraction of sp³-hybridized carbons (Fsp3) is 0.312. The third-order valence-electron chi connectivity index (χ3n) is 3.27. The summed E-state index contributed by atoms with van der Waals surface area (Å²) in [6.45, 7) is 6.17. The van der Waals surface area contributed by atoms with Gasteiger partial charge in [0, 0.05) is 4.88 Å². The van der Waals surface area contributed by atoms with Crippen molar-refractivity contribution in [2.75, 3.05) is 0 Å². The van der Waals surface area contributed by atoms with E-state index in [0.29, 0.717) is 0 Å². The first-order valence-electron chi connectivity index (χ1n) is 7.12. The summed E-state index contributed by atoms with van der Waals surface area (Å²) >= 11 is 1.45. The van der Waals surface area contributed by atoms with Gasteiger partial charge in [0.25, 0.3) is 10.0 Å². The molecule has 2 aromatic rings. The summed E-state index contributed by atoms with van der Waals surface area (Å²) in [7, 11) is -3.78. The molecule has 0 aliphatic heterocycles. The molecular weight excluding hydrogens is 332 g/mol. The highest BCUT2D eigenvalue weighted by Crippen LogP contribution is 2.23. The fourth-order valence-electron chi connectivity index (χ4n) is 1.93. The van der Waals surface area contributed by atoms with Crippen LogP contribution in [0.25, 0.3) is 0 Å². The normalized spacial score (nSPS) is 12.1. The summed E-state index contributed by atoms with van der Waals surface area (Å²) in [4.78, 5) is 14.9. The van der Waals surface area contributed by atoms with Crippen molar-refractivity contribution in [2.45, 2.75) is 37.5 Å². The molecule has 0 aliphatic carbocycles. The van der Waals surface area contributed by atoms with E-state index in [0.717, 1.165) is 10.4 Å². The van der Waals surface area contributed by atoms with Crippen molar-refractivity contribution in [1.29, 1.82) is 0 Å². The SMILES string of the molecule is CC(C)(C)c1ccc(S(=O)(=O)NNC(=O)Cc2cccs2)cc1. The van der Waals surface area contributed by atoms with Gasteiger partial charge in [0.15, 0.2) is 0 Å². The van der Waals surface area contributed by atoms with Crippen molar-refractivity contribution in [2.24, 2.45) is 0 Å². The highest BCUT2D eigenvalue weighted by molar-refractivity contribution is 7.89. The molecule has 7 heteroatoms. The first kappa shape index (κ1) is 17.7. The number of hydrogen-bond acceptors (Lipinski definition) is 4. The van der Waals surface area contributed by atoms with Gasteiger partial charge in [-0.3, -0.25) is 10.2 Å². The van der Waals surface area contributed by atoms with E-state index in [1.165, 1.54) is 23.5 Å². The monoisotopic (exact) mass is 352 g/mol. The van der Waals surface area contributed by atoms with Crippen LogP contribution in [0.2, 0.25) is 0 Å². The van der Waals surface area contributed by atoms with Gasteiger partial charge in [0.2, 0.25) is 5.91 Å². The minimum atomic E-state index is -3.78. The van der Waals surface area contributed by atoms with Gasteiger partial charge in [-0.15, -0.1) is 16.2 Å². The zero-order chi connectivity index (χ0) is 17.1. The van der Waals surface area contributed by atoms with Gasteiger partial charge in [0.05, 0.1) is 11.3 Å². The van der Waals surface area contributed by atoms with Crippen molar-refractivity contribution < 1.29 is 13.2 Å². The molecule has 0 fully saturated rings. The lowest BCUT2D eigenvalue weighted by molar-refractivity contribution is -0.120. The second-order valence-electron chi connectivity index (χ2n) is 6.18. The van der Waals surface area contributed by atoms with Crippen LogP contribution in [0.1, 0.15) is 31.2 Å². The summed E-state index contributed by atoms with van der Waals surface area (Å²) in [5, 5.41) is 1.86. The predicted molar refractivity (Wildman–Crippen MR) is 91.6 cm³/mol. The van der Waals surface area contributed by atoms with Crippen LogP contribution >= 0.6 is 11.3 Å². The first-order chi connectivity index (χ1) is 10.7. The van der Waals surface area contributed by atoms with E-state index in [1.807, 2.05) is 17.5 Å². The molecular formula is C16H20N2O3S2. The Hall–Kier alpha value is -1.70. The lowest BCUT2D eigenvalue weighted by atomic mass is 9.87. The third-order valence-corrected chi connectivity index (χ3v) is 5.41. The Labute approximate surface area is 140 Å². The Kier molecular flexibility index (Phi) is 5.23. The van der Waals surface area contributed by atoms with Crippen LogP contribution in [0, 0.1) is 0 Å². The molecule has 23 heavy (non-hydrogen) atoms. The largest absolute Gasteiger partial charge is 0.277 e. The number of hydrogen-bond donors (Lipinski definition) is 2. The minimum Gasteiger partial charge on any atom is -0.277 e. The van der Waals surface area contributed by atoms with Gasteiger partial charge < -0.3 is 0 Å². The number of carbonyl (C=O) groups is 1. The van der Waals surface area contributed by atoms with Gasteiger partial charge in [0.1, 0.15) is 0 Å². The van der Waals surface area contributed by atoms with E-state index in [9.17, 15) is 13.2 Å². The number of sulfonamides is 1. The summed E-state index contributed by atoms with van der Waals surface area (Å²) in [6, 6.07) is 10.3. The molecule has 2 N–H and O–H groups in total. The molecule has 0 bridgehead atoms. The highest BCUT2D eigenvalue weighted by atomic mass is 32.2. The fourth-order valence-corrected chi connectivity index (χ4v) is 3.50. The maximum atomic E-state index is 12.2. The Morgan fingerprint density at radius 3 is 2.30 bits per heavy atom. The average Bonchev–Trinajstić information content (AvgIpc) is 2.97. The molecule has 1 amide bonds. The molecule has 1 aromatic carbocycles. The number of hydrazine groups is 1. The van der Waals surface area contributed by atoms with Gasteiger partial charge in [-0.1, -0.05) is 39.0 Å². The number of amides is 1. The smallest absolute Gasteiger partial charge is 0.257 e. The van der Waals surface area contributed by atoms with Gasteiger partial charge in [-0.25, -0.2) is 8.42 Å². The molecule has 5 nitrogen and oxygen atoms in total. The molecule has 0 aliphatic rings. The molecule has 124 valence electrons. The van der Waals surface area contributed by atoms with E-state index < -0.39 is 15.9 Å². The molecule has 0 saturated heterocycles. The van der Waals surface area contributed by atoms with Gasteiger partial charge in [-0.05, 0) is 34.6 Å². The molecule has 0 unspecified atom stereocenters. The van der Waals surface area contributed by atoms with Crippen molar-refractivity contribution in [3.63, 3.8) is 0 Å². The van der Waals surface area contributed by atoms with E-state index in [-0.39, 0.29) is 16.7 Å². The molecule has 2 rings (SSSR count). The van der Waals surface area contributed by atoms with Crippen molar-refractivity contribution in [1.82, 2.24) is 10.3 Å². The zero-order valence-corrected chi connectivity index (χ0v) is 14.9. The van der Waals surface area contributed by atoms with E-state index in [1.54, 1.807) is 12.1 Å². The lowest BCUT2D eigenvalue weighted by Gasteiger charge is -2.19. The maximum Gasteiger partial charge on any atom is 0.257 e. The number of rotatable bonds is 5. The van der Waals surface area contributed by atoms with Crippen molar-refractivity contribution in [3.05, 3.63) is 52.2 Å². The molecule has 0 saturated carbocycles. The summed E-state index contributed by atoms with van der Waals surface area (Å²) in [6.07, 6.45) is 0.142. The maximum absolute atomic E-state index is 12.2.